The molecule has 0 radical (unpaired) electrons. The zero-order valence-electron chi connectivity index (χ0n) is 14.9. The molecule has 0 spiro atoms. The molecule has 9 N–H and O–H groups in total. The van der Waals surface area contributed by atoms with Crippen molar-refractivity contribution >= 4 is 29.3 Å². The number of carboxylic acid groups (broad SMARTS) is 1. The number of benzene rings is 2. The lowest BCUT2D eigenvalue weighted by molar-refractivity contribution is -0.137. The Hall–Kier alpha value is -3.55. The SMILES string of the molecule is NC(N)=Nc1ccc(CCC(CC(=O)O)c2cccc(N=C(N)N)c2)cc1. The Morgan fingerprint density at radius 1 is 0.926 bits per heavy atom. The third-order valence-electron chi connectivity index (χ3n) is 4.00. The average Bonchev–Trinajstić information content (AvgIpc) is 2.59. The Bertz CT molecular complexity index is 838. The number of carbonyl (C=O) groups is 1. The smallest absolute Gasteiger partial charge is 0.303 e. The third kappa shape index (κ3) is 6.69. The number of carboxylic acids is 1. The molecule has 8 heteroatoms. The van der Waals surface area contributed by atoms with Crippen molar-refractivity contribution in [2.45, 2.75) is 25.2 Å². The molecular weight excluding hydrogens is 344 g/mol. The van der Waals surface area contributed by atoms with Crippen LogP contribution in [-0.2, 0) is 11.2 Å². The molecule has 1 atom stereocenters. The highest BCUT2D eigenvalue weighted by Crippen LogP contribution is 2.28. The van der Waals surface area contributed by atoms with Crippen LogP contribution >= 0.6 is 0 Å². The fraction of sp³-hybridized carbons (Fsp3) is 0.211. The van der Waals surface area contributed by atoms with Gasteiger partial charge < -0.3 is 28.0 Å². The first kappa shape index (κ1) is 19.8. The summed E-state index contributed by atoms with van der Waals surface area (Å²) in [4.78, 5) is 19.3. The van der Waals surface area contributed by atoms with Crippen molar-refractivity contribution in [3.63, 3.8) is 0 Å². The molecule has 0 bridgehead atoms. The third-order valence-corrected chi connectivity index (χ3v) is 4.00. The van der Waals surface area contributed by atoms with E-state index in [0.717, 1.165) is 11.1 Å². The van der Waals surface area contributed by atoms with Crippen LogP contribution in [0, 0.1) is 0 Å². The van der Waals surface area contributed by atoms with Gasteiger partial charge in [0.15, 0.2) is 11.9 Å². The maximum Gasteiger partial charge on any atom is 0.303 e. The molecule has 0 saturated heterocycles. The van der Waals surface area contributed by atoms with E-state index < -0.39 is 5.97 Å². The number of nitrogens with two attached hydrogens (primary N) is 4. The first-order chi connectivity index (χ1) is 12.8. The molecule has 0 aliphatic rings. The summed E-state index contributed by atoms with van der Waals surface area (Å²) in [6, 6.07) is 14.8. The lowest BCUT2D eigenvalue weighted by Gasteiger charge is -2.16. The molecule has 0 fully saturated rings. The molecule has 2 aromatic rings. The quantitative estimate of drug-likeness (QED) is 0.351. The topological polar surface area (TPSA) is 166 Å². The van der Waals surface area contributed by atoms with E-state index in [4.69, 9.17) is 22.9 Å². The van der Waals surface area contributed by atoms with E-state index in [1.165, 1.54) is 0 Å². The Morgan fingerprint density at radius 2 is 1.56 bits per heavy atom. The number of guanidine groups is 2. The molecule has 1 unspecified atom stereocenters. The van der Waals surface area contributed by atoms with Crippen LogP contribution in [0.25, 0.3) is 0 Å². The van der Waals surface area contributed by atoms with Gasteiger partial charge in [0.05, 0.1) is 17.8 Å². The van der Waals surface area contributed by atoms with Gasteiger partial charge in [-0.15, -0.1) is 0 Å². The van der Waals surface area contributed by atoms with Crippen LogP contribution in [0.3, 0.4) is 0 Å². The number of rotatable bonds is 8. The van der Waals surface area contributed by atoms with Gasteiger partial charge >= 0.3 is 5.97 Å². The molecule has 0 aliphatic heterocycles. The van der Waals surface area contributed by atoms with Crippen LogP contribution in [0.5, 0.6) is 0 Å². The van der Waals surface area contributed by atoms with Gasteiger partial charge in [0.1, 0.15) is 0 Å². The standard InChI is InChI=1S/C19H24N6O2/c20-18(21)24-15-8-5-12(6-9-15)4-7-14(11-17(26)27)13-2-1-3-16(10-13)25-19(22)23/h1-3,5-6,8-10,14H,4,7,11H2,(H,26,27)(H4,20,21,24)(H4,22,23,25). The summed E-state index contributed by atoms with van der Waals surface area (Å²) < 4.78 is 0. The lowest BCUT2D eigenvalue weighted by Crippen LogP contribution is -2.21. The van der Waals surface area contributed by atoms with Gasteiger partial charge in [-0.2, -0.15) is 0 Å². The van der Waals surface area contributed by atoms with Crippen LogP contribution in [0.2, 0.25) is 0 Å². The summed E-state index contributed by atoms with van der Waals surface area (Å²) in [6.45, 7) is 0. The highest BCUT2D eigenvalue weighted by molar-refractivity contribution is 5.79. The van der Waals surface area contributed by atoms with Crippen LogP contribution in [0.4, 0.5) is 11.4 Å². The van der Waals surface area contributed by atoms with Crippen molar-refractivity contribution in [3.8, 4) is 0 Å². The summed E-state index contributed by atoms with van der Waals surface area (Å²) in [6.07, 6.45) is 1.41. The molecule has 0 amide bonds. The van der Waals surface area contributed by atoms with Gasteiger partial charge in [-0.3, -0.25) is 4.79 Å². The van der Waals surface area contributed by atoms with Crippen molar-refractivity contribution in [3.05, 3.63) is 59.7 Å². The molecule has 2 rings (SSSR count). The van der Waals surface area contributed by atoms with Crippen molar-refractivity contribution in [2.75, 3.05) is 0 Å². The molecule has 8 nitrogen and oxygen atoms in total. The predicted molar refractivity (Wildman–Crippen MR) is 107 cm³/mol. The number of hydrogen-bond acceptors (Lipinski definition) is 3. The van der Waals surface area contributed by atoms with E-state index in [1.54, 1.807) is 6.07 Å². The first-order valence-corrected chi connectivity index (χ1v) is 8.43. The molecule has 0 aliphatic carbocycles. The largest absolute Gasteiger partial charge is 0.481 e. The predicted octanol–water partition coefficient (Wildman–Crippen LogP) is 1.69. The van der Waals surface area contributed by atoms with E-state index in [1.807, 2.05) is 42.5 Å². The van der Waals surface area contributed by atoms with E-state index in [9.17, 15) is 9.90 Å². The highest BCUT2D eigenvalue weighted by Gasteiger charge is 2.16. The molecule has 27 heavy (non-hydrogen) atoms. The minimum Gasteiger partial charge on any atom is -0.481 e. The number of aliphatic imine (C=N–C) groups is 2. The Morgan fingerprint density at radius 3 is 2.15 bits per heavy atom. The maximum absolute atomic E-state index is 11.3. The van der Waals surface area contributed by atoms with Gasteiger partial charge in [-0.1, -0.05) is 24.3 Å². The second-order valence-electron chi connectivity index (χ2n) is 6.17. The zero-order chi connectivity index (χ0) is 19.8. The van der Waals surface area contributed by atoms with Crippen molar-refractivity contribution in [1.82, 2.24) is 0 Å². The molecule has 0 heterocycles. The molecule has 142 valence electrons. The Kier molecular flexibility index (Phi) is 6.76. The lowest BCUT2D eigenvalue weighted by atomic mass is 9.89. The van der Waals surface area contributed by atoms with Crippen LogP contribution in [-0.4, -0.2) is 23.0 Å². The van der Waals surface area contributed by atoms with E-state index in [-0.39, 0.29) is 24.3 Å². The summed E-state index contributed by atoms with van der Waals surface area (Å²) in [5, 5.41) is 9.27. The minimum absolute atomic E-state index is 0.00456. The minimum atomic E-state index is -0.852. The molecule has 0 aromatic heterocycles. The first-order valence-electron chi connectivity index (χ1n) is 8.43. The summed E-state index contributed by atoms with van der Waals surface area (Å²) in [5.74, 6) is -1.04. The van der Waals surface area contributed by atoms with Crippen molar-refractivity contribution in [1.29, 1.82) is 0 Å². The summed E-state index contributed by atoms with van der Waals surface area (Å²) in [7, 11) is 0. The Labute approximate surface area is 157 Å². The molecule has 0 saturated carbocycles. The van der Waals surface area contributed by atoms with Crippen molar-refractivity contribution < 1.29 is 9.90 Å². The monoisotopic (exact) mass is 368 g/mol. The second-order valence-corrected chi connectivity index (χ2v) is 6.17. The van der Waals surface area contributed by atoms with Gasteiger partial charge in [0.2, 0.25) is 0 Å². The number of hydrogen-bond donors (Lipinski definition) is 5. The number of nitrogens with zero attached hydrogens (tertiary/aromatic N) is 2. The van der Waals surface area contributed by atoms with Crippen LogP contribution < -0.4 is 22.9 Å². The van der Waals surface area contributed by atoms with Gasteiger partial charge in [-0.25, -0.2) is 9.98 Å². The highest BCUT2D eigenvalue weighted by atomic mass is 16.4. The molecule has 2 aromatic carbocycles. The average molecular weight is 368 g/mol. The fourth-order valence-corrected chi connectivity index (χ4v) is 2.82. The van der Waals surface area contributed by atoms with Gasteiger partial charge in [0.25, 0.3) is 0 Å². The van der Waals surface area contributed by atoms with E-state index in [0.29, 0.717) is 24.2 Å². The van der Waals surface area contributed by atoms with E-state index >= 15 is 0 Å². The Balaban J connectivity index is 2.14. The van der Waals surface area contributed by atoms with E-state index in [2.05, 4.69) is 9.98 Å². The molecular formula is C19H24N6O2. The normalized spacial score (nSPS) is 11.4. The van der Waals surface area contributed by atoms with Crippen LogP contribution in [0.1, 0.15) is 29.9 Å². The number of aryl methyl sites for hydroxylation is 1. The van der Waals surface area contributed by atoms with Gasteiger partial charge in [0, 0.05) is 0 Å². The second kappa shape index (κ2) is 9.23. The zero-order valence-corrected chi connectivity index (χ0v) is 14.9. The summed E-state index contributed by atoms with van der Waals surface area (Å²) >= 11 is 0. The van der Waals surface area contributed by atoms with Crippen molar-refractivity contribution in [2.24, 2.45) is 32.9 Å². The fourth-order valence-electron chi connectivity index (χ4n) is 2.82. The maximum atomic E-state index is 11.3. The summed E-state index contributed by atoms with van der Waals surface area (Å²) in [5.41, 5.74) is 24.8. The van der Waals surface area contributed by atoms with Gasteiger partial charge in [-0.05, 0) is 54.2 Å². The van der Waals surface area contributed by atoms with Crippen LogP contribution in [0.15, 0.2) is 58.5 Å². The number of aliphatic carboxylic acids is 1.